The van der Waals surface area contributed by atoms with Gasteiger partial charge in [0.05, 0.1) is 24.4 Å². The first kappa shape index (κ1) is 27.0. The standard InChI is InChI=1S/C27H32F4N6O3/c1-40-23-10-19(20(28)12-32-23)21-11-22(35-34-21)25(39)37-17-2-3-18(37)9-15(8-17)24(38)33-16-4-7-36(13-16)14-26(5-6-26)27(29,30)31/h10-12,15-18H,2-9,13-14H2,1H3,(H,33,38)(H,34,35)/t15-,16-,17-,18+/m1/s1. The minimum Gasteiger partial charge on any atom is -0.481 e. The molecule has 3 saturated heterocycles. The highest BCUT2D eigenvalue weighted by atomic mass is 19.4. The Morgan fingerprint density at radius 2 is 1.90 bits per heavy atom. The summed E-state index contributed by atoms with van der Waals surface area (Å²) in [5, 5.41) is 9.94. The molecular weight excluding hydrogens is 532 g/mol. The number of aromatic amines is 1. The summed E-state index contributed by atoms with van der Waals surface area (Å²) in [5.41, 5.74) is -0.883. The van der Waals surface area contributed by atoms with Gasteiger partial charge < -0.3 is 19.9 Å². The molecule has 3 aliphatic heterocycles. The Hall–Kier alpha value is -3.22. The zero-order valence-corrected chi connectivity index (χ0v) is 22.1. The number of halogens is 4. The number of nitrogens with zero attached hydrogens (tertiary/aromatic N) is 4. The van der Waals surface area contributed by atoms with Crippen molar-refractivity contribution < 1.29 is 31.9 Å². The van der Waals surface area contributed by atoms with E-state index in [4.69, 9.17) is 4.74 Å². The predicted molar refractivity (Wildman–Crippen MR) is 135 cm³/mol. The van der Waals surface area contributed by atoms with Gasteiger partial charge in [-0.25, -0.2) is 9.37 Å². The van der Waals surface area contributed by atoms with Gasteiger partial charge in [-0.15, -0.1) is 0 Å². The average molecular weight is 565 g/mol. The molecule has 40 heavy (non-hydrogen) atoms. The Labute approximate surface area is 228 Å². The summed E-state index contributed by atoms with van der Waals surface area (Å²) >= 11 is 0. The molecule has 9 nitrogen and oxygen atoms in total. The summed E-state index contributed by atoms with van der Waals surface area (Å²) in [6.45, 7) is 0.978. The third-order valence-electron chi connectivity index (χ3n) is 9.06. The van der Waals surface area contributed by atoms with E-state index in [2.05, 4.69) is 20.5 Å². The van der Waals surface area contributed by atoms with E-state index in [9.17, 15) is 27.2 Å². The van der Waals surface area contributed by atoms with E-state index < -0.39 is 17.4 Å². The van der Waals surface area contributed by atoms with Crippen molar-refractivity contribution in [2.24, 2.45) is 11.3 Å². The van der Waals surface area contributed by atoms with Crippen LogP contribution in [0.15, 0.2) is 18.3 Å². The lowest BCUT2D eigenvalue weighted by atomic mass is 9.89. The van der Waals surface area contributed by atoms with Crippen LogP contribution in [0.3, 0.4) is 0 Å². The molecule has 13 heteroatoms. The number of methoxy groups -OCH3 is 1. The second-order valence-electron chi connectivity index (χ2n) is 11.6. The van der Waals surface area contributed by atoms with Crippen molar-refractivity contribution in [1.82, 2.24) is 30.3 Å². The van der Waals surface area contributed by atoms with Crippen LogP contribution < -0.4 is 10.1 Å². The molecule has 4 fully saturated rings. The number of nitrogens with one attached hydrogen (secondary N) is 2. The second-order valence-corrected chi connectivity index (χ2v) is 11.6. The molecular formula is C27H32F4N6O3. The molecule has 2 amide bonds. The molecule has 1 saturated carbocycles. The first-order chi connectivity index (χ1) is 19.1. The van der Waals surface area contributed by atoms with E-state index in [0.717, 1.165) is 19.0 Å². The first-order valence-corrected chi connectivity index (χ1v) is 13.7. The van der Waals surface area contributed by atoms with Crippen LogP contribution in [-0.2, 0) is 4.79 Å². The number of carbonyl (C=O) groups excluding carboxylic acids is 2. The van der Waals surface area contributed by atoms with Crippen LogP contribution in [0.1, 0.15) is 55.4 Å². The fraction of sp³-hybridized carbons (Fsp3) is 0.630. The van der Waals surface area contributed by atoms with Gasteiger partial charge in [0.15, 0.2) is 11.5 Å². The molecule has 4 atom stereocenters. The Bertz CT molecular complexity index is 1280. The molecule has 1 aliphatic carbocycles. The van der Waals surface area contributed by atoms with Gasteiger partial charge in [-0.05, 0) is 51.0 Å². The monoisotopic (exact) mass is 564 g/mol. The molecule has 216 valence electrons. The number of alkyl halides is 3. The van der Waals surface area contributed by atoms with E-state index >= 15 is 0 Å². The number of H-pyrrole nitrogens is 1. The van der Waals surface area contributed by atoms with E-state index in [1.807, 2.05) is 4.90 Å². The SMILES string of the molecule is COc1cc(-c2cc(C(=O)N3[C@@H]4CC[C@H]3C[C@H](C(=O)N[C@@H]3CCN(CC5(C(F)(F)F)CC5)C3)C4)n[nH]2)c(F)cn1. The van der Waals surface area contributed by atoms with Gasteiger partial charge in [0, 0.05) is 55.3 Å². The van der Waals surface area contributed by atoms with Crippen LogP contribution >= 0.6 is 0 Å². The number of fused-ring (bicyclic) bond motifs is 2. The summed E-state index contributed by atoms with van der Waals surface area (Å²) in [6.07, 6.45) is 0.466. The molecule has 0 radical (unpaired) electrons. The van der Waals surface area contributed by atoms with Gasteiger partial charge in [0.2, 0.25) is 11.8 Å². The zero-order chi connectivity index (χ0) is 28.2. The molecule has 4 aliphatic rings. The summed E-state index contributed by atoms with van der Waals surface area (Å²) < 4.78 is 59.5. The Morgan fingerprint density at radius 1 is 1.18 bits per heavy atom. The van der Waals surface area contributed by atoms with Gasteiger partial charge in [-0.1, -0.05) is 0 Å². The molecule has 2 aromatic heterocycles. The number of pyridine rings is 1. The Morgan fingerprint density at radius 3 is 2.55 bits per heavy atom. The fourth-order valence-electron chi connectivity index (χ4n) is 6.69. The second kappa shape index (κ2) is 10.0. The average Bonchev–Trinajstić information content (AvgIpc) is 3.22. The number of piperidine rings is 1. The normalized spacial score (nSPS) is 27.6. The van der Waals surface area contributed by atoms with Crippen molar-refractivity contribution in [1.29, 1.82) is 0 Å². The number of rotatable bonds is 7. The van der Waals surface area contributed by atoms with Crippen LogP contribution in [0, 0.1) is 17.2 Å². The van der Waals surface area contributed by atoms with Gasteiger partial charge in [-0.2, -0.15) is 18.3 Å². The van der Waals surface area contributed by atoms with Crippen molar-refractivity contribution in [3.8, 4) is 17.1 Å². The van der Waals surface area contributed by atoms with Crippen LogP contribution in [0.4, 0.5) is 17.6 Å². The molecule has 6 rings (SSSR count). The quantitative estimate of drug-likeness (QED) is 0.499. The number of likely N-dealkylation sites (tertiary alicyclic amines) is 1. The van der Waals surface area contributed by atoms with E-state index in [1.54, 1.807) is 4.90 Å². The predicted octanol–water partition coefficient (Wildman–Crippen LogP) is 3.54. The molecule has 2 bridgehead atoms. The smallest absolute Gasteiger partial charge is 0.395 e. The molecule has 5 heterocycles. The van der Waals surface area contributed by atoms with Crippen LogP contribution in [0.5, 0.6) is 5.88 Å². The van der Waals surface area contributed by atoms with Gasteiger partial charge in [0.25, 0.3) is 5.91 Å². The number of amides is 2. The lowest BCUT2D eigenvalue weighted by Gasteiger charge is -2.38. The van der Waals surface area contributed by atoms with Crippen molar-refractivity contribution in [3.05, 3.63) is 29.8 Å². The van der Waals surface area contributed by atoms with E-state index in [1.165, 1.54) is 19.2 Å². The highest BCUT2D eigenvalue weighted by molar-refractivity contribution is 5.94. The summed E-state index contributed by atoms with van der Waals surface area (Å²) in [6, 6.07) is 2.55. The molecule has 0 spiro atoms. The maximum absolute atomic E-state index is 14.4. The maximum atomic E-state index is 14.4. The number of ether oxygens (including phenoxy) is 1. The summed E-state index contributed by atoms with van der Waals surface area (Å²) in [7, 11) is 1.43. The third-order valence-corrected chi connectivity index (χ3v) is 9.06. The fourth-order valence-corrected chi connectivity index (χ4v) is 6.69. The minimum atomic E-state index is -4.18. The maximum Gasteiger partial charge on any atom is 0.395 e. The topological polar surface area (TPSA) is 103 Å². The molecule has 0 aromatic carbocycles. The lowest BCUT2D eigenvalue weighted by molar-refractivity contribution is -0.191. The summed E-state index contributed by atoms with van der Waals surface area (Å²) in [4.78, 5) is 34.0. The number of hydrogen-bond acceptors (Lipinski definition) is 6. The Kier molecular flexibility index (Phi) is 6.75. The van der Waals surface area contributed by atoms with Crippen LogP contribution in [0.25, 0.3) is 11.3 Å². The lowest BCUT2D eigenvalue weighted by Crippen LogP contribution is -2.51. The molecule has 2 N–H and O–H groups in total. The Balaban J connectivity index is 1.05. The van der Waals surface area contributed by atoms with Crippen LogP contribution in [-0.4, -0.2) is 87.8 Å². The van der Waals surface area contributed by atoms with Gasteiger partial charge >= 0.3 is 6.18 Å². The zero-order valence-electron chi connectivity index (χ0n) is 22.1. The highest BCUT2D eigenvalue weighted by Gasteiger charge is 2.63. The largest absolute Gasteiger partial charge is 0.481 e. The van der Waals surface area contributed by atoms with Crippen molar-refractivity contribution in [3.63, 3.8) is 0 Å². The minimum absolute atomic E-state index is 0.00374. The third kappa shape index (κ3) is 4.92. The number of aromatic nitrogens is 3. The van der Waals surface area contributed by atoms with Gasteiger partial charge in [0.1, 0.15) is 0 Å². The first-order valence-electron chi connectivity index (χ1n) is 13.7. The molecule has 2 aromatic rings. The number of hydrogen-bond donors (Lipinski definition) is 2. The number of carbonyl (C=O) groups is 2. The van der Waals surface area contributed by atoms with Gasteiger partial charge in [-0.3, -0.25) is 14.7 Å². The van der Waals surface area contributed by atoms with Crippen molar-refractivity contribution in [2.75, 3.05) is 26.7 Å². The van der Waals surface area contributed by atoms with E-state index in [0.29, 0.717) is 38.0 Å². The van der Waals surface area contributed by atoms with Crippen molar-refractivity contribution in [2.45, 2.75) is 69.2 Å². The van der Waals surface area contributed by atoms with E-state index in [-0.39, 0.29) is 72.4 Å². The summed E-state index contributed by atoms with van der Waals surface area (Å²) in [5.74, 6) is -0.949. The van der Waals surface area contributed by atoms with Crippen molar-refractivity contribution >= 4 is 11.8 Å². The van der Waals surface area contributed by atoms with Crippen LogP contribution in [0.2, 0.25) is 0 Å². The molecule has 0 unspecified atom stereocenters. The highest BCUT2D eigenvalue weighted by Crippen LogP contribution is 2.58.